The number of hydrogen-bond donors (Lipinski definition) is 1. The number of carbonyl (C=O) groups excluding carboxylic acids is 4. The van der Waals surface area contributed by atoms with Gasteiger partial charge >= 0.3 is 0 Å². The van der Waals surface area contributed by atoms with Gasteiger partial charge in [-0.25, -0.2) is 0 Å². The molecule has 0 bridgehead atoms. The highest BCUT2D eigenvalue weighted by Gasteiger charge is 2.76. The molecule has 2 saturated heterocycles. The van der Waals surface area contributed by atoms with Gasteiger partial charge in [0.15, 0.2) is 9.75 Å². The minimum absolute atomic E-state index is 0.114. The number of anilines is 1. The molecule has 10 heteroatoms. The first-order valence-electron chi connectivity index (χ1n) is 15.4. The third-order valence-corrected chi connectivity index (χ3v) is 11.6. The van der Waals surface area contributed by atoms with Gasteiger partial charge in [-0.1, -0.05) is 67.1 Å². The normalized spacial score (nSPS) is 30.2. The van der Waals surface area contributed by atoms with E-state index in [1.807, 2.05) is 55.5 Å². The van der Waals surface area contributed by atoms with Gasteiger partial charge in [0.2, 0.25) is 11.8 Å². The number of carbonyl (C=O) groups is 4. The summed E-state index contributed by atoms with van der Waals surface area (Å²) in [6, 6.07) is 21.6. The Morgan fingerprint density at radius 3 is 2.28 bits per heavy atom. The van der Waals surface area contributed by atoms with Gasteiger partial charge in [0.1, 0.15) is 18.1 Å². The van der Waals surface area contributed by atoms with Gasteiger partial charge in [-0.3, -0.25) is 29.0 Å². The van der Waals surface area contributed by atoms with Crippen molar-refractivity contribution < 1.29 is 29.0 Å². The van der Waals surface area contributed by atoms with Crippen molar-refractivity contribution in [2.24, 2.45) is 17.8 Å². The van der Waals surface area contributed by atoms with Crippen LogP contribution in [-0.4, -0.2) is 50.4 Å². The second-order valence-corrected chi connectivity index (χ2v) is 13.8. The number of halogens is 2. The monoisotopic (exact) mass is 658 g/mol. The summed E-state index contributed by atoms with van der Waals surface area (Å²) in [5.41, 5.74) is 3.40. The molecule has 1 saturated carbocycles. The van der Waals surface area contributed by atoms with E-state index in [1.54, 1.807) is 24.3 Å². The molecule has 6 atom stereocenters. The van der Waals surface area contributed by atoms with Crippen molar-refractivity contribution in [3.63, 3.8) is 0 Å². The van der Waals surface area contributed by atoms with Crippen LogP contribution in [0.3, 0.4) is 0 Å². The highest BCUT2D eigenvalue weighted by atomic mass is 35.5. The molecule has 0 radical (unpaired) electrons. The number of phenolic OH excluding ortho intramolecular Hbond substituents is 1. The summed E-state index contributed by atoms with van der Waals surface area (Å²) in [7, 11) is 1.33. The molecule has 46 heavy (non-hydrogen) atoms. The summed E-state index contributed by atoms with van der Waals surface area (Å²) < 4.78 is 5.91. The molecule has 7 rings (SSSR count). The Hall–Kier alpha value is -4.14. The smallest absolute Gasteiger partial charge is 0.253 e. The first-order chi connectivity index (χ1) is 22.0. The Morgan fingerprint density at radius 1 is 0.891 bits per heavy atom. The molecule has 4 amide bonds. The number of ether oxygens (including phenoxy) is 1. The SMILES string of the molecule is CCc1ccc(N2C(=O)[C@H]3[C@H](CC=C4[C@H]3C[C@@]3(Cl)C(=O)N(C)C(=O)[C@@]3(Cl)[C@H]4c3ccc(OCc4ccccc4)cc3O)C2=O)cc1. The van der Waals surface area contributed by atoms with Crippen molar-refractivity contribution >= 4 is 52.5 Å². The van der Waals surface area contributed by atoms with Gasteiger partial charge < -0.3 is 9.84 Å². The number of fused-ring (bicyclic) bond motifs is 4. The molecule has 2 aliphatic carbocycles. The average molecular weight is 660 g/mol. The summed E-state index contributed by atoms with van der Waals surface area (Å²) in [5, 5.41) is 11.4. The van der Waals surface area contributed by atoms with E-state index in [-0.39, 0.29) is 42.6 Å². The molecule has 0 aromatic heterocycles. The van der Waals surface area contributed by atoms with Gasteiger partial charge in [-0.2, -0.15) is 0 Å². The Labute approximate surface area is 276 Å². The van der Waals surface area contributed by atoms with E-state index in [0.717, 1.165) is 22.4 Å². The lowest BCUT2D eigenvalue weighted by Crippen LogP contribution is -2.60. The second kappa shape index (κ2) is 11.0. The predicted octanol–water partition coefficient (Wildman–Crippen LogP) is 5.73. The van der Waals surface area contributed by atoms with Gasteiger partial charge in [-0.05, 0) is 54.5 Å². The maximum Gasteiger partial charge on any atom is 0.253 e. The molecule has 4 aliphatic rings. The number of amides is 4. The van der Waals surface area contributed by atoms with E-state index in [2.05, 4.69) is 0 Å². The van der Waals surface area contributed by atoms with Crippen LogP contribution in [0.2, 0.25) is 0 Å². The van der Waals surface area contributed by atoms with Crippen LogP contribution in [0, 0.1) is 17.8 Å². The van der Waals surface area contributed by atoms with Crippen molar-refractivity contribution in [1.29, 1.82) is 0 Å². The molecule has 3 fully saturated rings. The fourth-order valence-corrected chi connectivity index (χ4v) is 8.83. The number of aryl methyl sites for hydroxylation is 1. The van der Waals surface area contributed by atoms with Crippen LogP contribution < -0.4 is 9.64 Å². The number of alkyl halides is 2. The van der Waals surface area contributed by atoms with Crippen molar-refractivity contribution in [3.8, 4) is 11.5 Å². The first-order valence-corrected chi connectivity index (χ1v) is 16.1. The topological polar surface area (TPSA) is 104 Å². The summed E-state index contributed by atoms with van der Waals surface area (Å²) >= 11 is 14.5. The predicted molar refractivity (Wildman–Crippen MR) is 173 cm³/mol. The Kier molecular flexibility index (Phi) is 7.29. The zero-order chi connectivity index (χ0) is 32.5. The zero-order valence-corrected chi connectivity index (χ0v) is 26.8. The number of hydrogen-bond acceptors (Lipinski definition) is 6. The van der Waals surface area contributed by atoms with E-state index in [1.165, 1.54) is 18.0 Å². The Morgan fingerprint density at radius 2 is 1.61 bits per heavy atom. The molecule has 2 heterocycles. The highest BCUT2D eigenvalue weighted by molar-refractivity contribution is 6.53. The number of allylic oxidation sites excluding steroid dienone is 2. The van der Waals surface area contributed by atoms with E-state index < -0.39 is 45.2 Å². The fraction of sp³-hybridized carbons (Fsp3) is 0.333. The van der Waals surface area contributed by atoms with Crippen LogP contribution in [-0.2, 0) is 32.2 Å². The standard InChI is InChI=1S/C36H32Cl2N2O6/c1-3-20-9-11-22(12-10-20)40-31(42)26-16-15-24-27(29(26)32(40)43)18-35(37)33(44)39(2)34(45)36(35,38)30(24)25-14-13-23(17-28(25)41)46-19-21-7-5-4-6-8-21/h4-15,17,26-27,29-30,41H,3,16,18-19H2,1-2H3/t26-,27+,29-,30+,35+,36-/m0/s1. The molecule has 0 unspecified atom stereocenters. The summed E-state index contributed by atoms with van der Waals surface area (Å²) in [6.07, 6.45) is 2.79. The summed E-state index contributed by atoms with van der Waals surface area (Å²) in [6.45, 7) is 2.30. The lowest BCUT2D eigenvalue weighted by atomic mass is 9.56. The van der Waals surface area contributed by atoms with Crippen molar-refractivity contribution in [2.45, 2.75) is 48.5 Å². The Bertz CT molecular complexity index is 1810. The number of aromatic hydroxyl groups is 1. The zero-order valence-electron chi connectivity index (χ0n) is 25.3. The average Bonchev–Trinajstić information content (AvgIpc) is 3.39. The fourth-order valence-electron chi connectivity index (χ4n) is 7.82. The van der Waals surface area contributed by atoms with Crippen LogP contribution in [0.25, 0.3) is 0 Å². The van der Waals surface area contributed by atoms with Gasteiger partial charge in [-0.15, -0.1) is 23.2 Å². The third kappa shape index (κ3) is 4.26. The molecular weight excluding hydrogens is 627 g/mol. The number of rotatable bonds is 6. The third-order valence-electron chi connectivity index (χ3n) is 10.2. The first kappa shape index (κ1) is 30.5. The quantitative estimate of drug-likeness (QED) is 0.206. The van der Waals surface area contributed by atoms with Crippen LogP contribution in [0.4, 0.5) is 5.69 Å². The van der Waals surface area contributed by atoms with Gasteiger partial charge in [0.05, 0.1) is 17.5 Å². The lowest BCUT2D eigenvalue weighted by molar-refractivity contribution is -0.138. The van der Waals surface area contributed by atoms with E-state index in [4.69, 9.17) is 27.9 Å². The largest absolute Gasteiger partial charge is 0.508 e. The number of nitrogens with zero attached hydrogens (tertiary/aromatic N) is 2. The van der Waals surface area contributed by atoms with Crippen LogP contribution in [0.5, 0.6) is 11.5 Å². The summed E-state index contributed by atoms with van der Waals surface area (Å²) in [4.78, 5) is 53.7. The van der Waals surface area contributed by atoms with Crippen LogP contribution in [0.1, 0.15) is 42.4 Å². The van der Waals surface area contributed by atoms with Crippen LogP contribution >= 0.6 is 23.2 Å². The maximum atomic E-state index is 14.2. The molecule has 236 valence electrons. The maximum absolute atomic E-state index is 14.2. The molecular formula is C36H32Cl2N2O6. The van der Waals surface area contributed by atoms with Gasteiger partial charge in [0, 0.05) is 24.6 Å². The number of likely N-dealkylation sites (tertiary alicyclic amines) is 1. The van der Waals surface area contributed by atoms with E-state index in [0.29, 0.717) is 17.0 Å². The van der Waals surface area contributed by atoms with Crippen LogP contribution in [0.15, 0.2) is 84.4 Å². The highest BCUT2D eigenvalue weighted by Crippen LogP contribution is 2.66. The van der Waals surface area contributed by atoms with Crippen molar-refractivity contribution in [1.82, 2.24) is 4.90 Å². The lowest BCUT2D eigenvalue weighted by Gasteiger charge is -2.50. The molecule has 2 aliphatic heterocycles. The van der Waals surface area contributed by atoms with Crippen molar-refractivity contribution in [3.05, 3.63) is 101 Å². The second-order valence-electron chi connectivity index (χ2n) is 12.5. The Balaban J connectivity index is 1.29. The van der Waals surface area contributed by atoms with E-state index in [9.17, 15) is 24.3 Å². The number of benzene rings is 3. The number of phenols is 1. The van der Waals surface area contributed by atoms with Crippen molar-refractivity contribution in [2.75, 3.05) is 11.9 Å². The minimum Gasteiger partial charge on any atom is -0.508 e. The molecule has 8 nitrogen and oxygen atoms in total. The summed E-state index contributed by atoms with van der Waals surface area (Å²) in [5.74, 6) is -5.07. The molecule has 3 aromatic rings. The minimum atomic E-state index is -1.99. The van der Waals surface area contributed by atoms with Gasteiger partial charge in [0.25, 0.3) is 11.8 Å². The number of imide groups is 2. The molecule has 1 N–H and O–H groups in total. The molecule has 0 spiro atoms. The van der Waals surface area contributed by atoms with E-state index >= 15 is 0 Å². The molecule has 3 aromatic carbocycles.